The molecule has 1 unspecified atom stereocenters. The van der Waals surface area contributed by atoms with Gasteiger partial charge in [0.15, 0.2) is 0 Å². The SMILES string of the molecule is CC(=O)NC(C(=O)Nc1ccc(CCO)cc1)C1CCCC1. The van der Waals surface area contributed by atoms with Crippen LogP contribution >= 0.6 is 0 Å². The van der Waals surface area contributed by atoms with E-state index < -0.39 is 6.04 Å². The number of aliphatic hydroxyl groups excluding tert-OH is 1. The van der Waals surface area contributed by atoms with Gasteiger partial charge in [-0.2, -0.15) is 0 Å². The van der Waals surface area contributed by atoms with Gasteiger partial charge in [0.05, 0.1) is 0 Å². The second-order valence-corrected chi connectivity index (χ2v) is 5.88. The van der Waals surface area contributed by atoms with Crippen molar-refractivity contribution in [2.45, 2.75) is 45.1 Å². The van der Waals surface area contributed by atoms with Crippen LogP contribution in [0.4, 0.5) is 5.69 Å². The lowest BCUT2D eigenvalue weighted by molar-refractivity contribution is -0.126. The lowest BCUT2D eigenvalue weighted by atomic mass is 9.97. The maximum Gasteiger partial charge on any atom is 0.247 e. The van der Waals surface area contributed by atoms with Crippen LogP contribution in [0.15, 0.2) is 24.3 Å². The van der Waals surface area contributed by atoms with Crippen LogP contribution in [0.1, 0.15) is 38.2 Å². The summed E-state index contributed by atoms with van der Waals surface area (Å²) < 4.78 is 0. The Balaban J connectivity index is 2.01. The van der Waals surface area contributed by atoms with Crippen LogP contribution in [-0.2, 0) is 16.0 Å². The van der Waals surface area contributed by atoms with Crippen LogP contribution in [0.25, 0.3) is 0 Å². The average molecular weight is 304 g/mol. The molecular weight excluding hydrogens is 280 g/mol. The molecule has 0 aromatic heterocycles. The predicted molar refractivity (Wildman–Crippen MR) is 85.4 cm³/mol. The Kier molecular flexibility index (Phi) is 5.95. The summed E-state index contributed by atoms with van der Waals surface area (Å²) in [6.45, 7) is 1.55. The van der Waals surface area contributed by atoms with Gasteiger partial charge >= 0.3 is 0 Å². The van der Waals surface area contributed by atoms with Gasteiger partial charge in [-0.15, -0.1) is 0 Å². The van der Waals surface area contributed by atoms with E-state index in [1.165, 1.54) is 6.92 Å². The van der Waals surface area contributed by atoms with Gasteiger partial charge in [0, 0.05) is 19.2 Å². The molecule has 5 heteroatoms. The third-order valence-electron chi connectivity index (χ3n) is 4.13. The number of hydrogen-bond acceptors (Lipinski definition) is 3. The van der Waals surface area contributed by atoms with E-state index in [2.05, 4.69) is 10.6 Å². The van der Waals surface area contributed by atoms with Crippen LogP contribution in [0, 0.1) is 5.92 Å². The van der Waals surface area contributed by atoms with Crippen molar-refractivity contribution in [3.63, 3.8) is 0 Å². The summed E-state index contributed by atoms with van der Waals surface area (Å²) in [5.41, 5.74) is 1.73. The molecule has 1 saturated carbocycles. The molecule has 3 N–H and O–H groups in total. The lowest BCUT2D eigenvalue weighted by Gasteiger charge is -2.23. The molecule has 0 saturated heterocycles. The van der Waals surface area contributed by atoms with E-state index in [4.69, 9.17) is 5.11 Å². The Hall–Kier alpha value is -1.88. The summed E-state index contributed by atoms with van der Waals surface area (Å²) >= 11 is 0. The first kappa shape index (κ1) is 16.5. The summed E-state index contributed by atoms with van der Waals surface area (Å²) in [6.07, 6.45) is 4.79. The van der Waals surface area contributed by atoms with Crippen molar-refractivity contribution in [3.05, 3.63) is 29.8 Å². The molecule has 22 heavy (non-hydrogen) atoms. The van der Waals surface area contributed by atoms with E-state index in [0.717, 1.165) is 31.2 Å². The summed E-state index contributed by atoms with van der Waals surface area (Å²) in [5.74, 6) is -0.111. The first-order chi connectivity index (χ1) is 10.6. The Morgan fingerprint density at radius 2 is 1.86 bits per heavy atom. The van der Waals surface area contributed by atoms with Gasteiger partial charge in [-0.05, 0) is 42.9 Å². The van der Waals surface area contributed by atoms with Crippen LogP contribution in [-0.4, -0.2) is 29.6 Å². The van der Waals surface area contributed by atoms with Crippen LogP contribution in [0.3, 0.4) is 0 Å². The Labute approximate surface area is 131 Å². The monoisotopic (exact) mass is 304 g/mol. The molecule has 1 aliphatic carbocycles. The number of nitrogens with one attached hydrogen (secondary N) is 2. The maximum absolute atomic E-state index is 12.5. The van der Waals surface area contributed by atoms with Gasteiger partial charge in [0.2, 0.25) is 11.8 Å². The van der Waals surface area contributed by atoms with Crippen LogP contribution in [0.2, 0.25) is 0 Å². The van der Waals surface area contributed by atoms with Crippen molar-refractivity contribution in [2.75, 3.05) is 11.9 Å². The maximum atomic E-state index is 12.5. The number of amides is 2. The van der Waals surface area contributed by atoms with E-state index in [0.29, 0.717) is 12.1 Å². The highest BCUT2D eigenvalue weighted by Gasteiger charge is 2.31. The lowest BCUT2D eigenvalue weighted by Crippen LogP contribution is -2.47. The smallest absolute Gasteiger partial charge is 0.247 e. The average Bonchev–Trinajstić information content (AvgIpc) is 3.01. The van der Waals surface area contributed by atoms with Gasteiger partial charge in [-0.25, -0.2) is 0 Å². The number of carbonyl (C=O) groups is 2. The number of rotatable bonds is 6. The van der Waals surface area contributed by atoms with E-state index in [1.54, 1.807) is 0 Å². The van der Waals surface area contributed by atoms with Crippen molar-refractivity contribution >= 4 is 17.5 Å². The number of benzene rings is 1. The third kappa shape index (κ3) is 4.56. The summed E-state index contributed by atoms with van der Waals surface area (Å²) in [5, 5.41) is 14.6. The number of anilines is 1. The molecule has 1 aromatic rings. The minimum absolute atomic E-state index is 0.109. The predicted octanol–water partition coefficient (Wildman–Crippen LogP) is 1.85. The second-order valence-electron chi connectivity index (χ2n) is 5.88. The Morgan fingerprint density at radius 3 is 2.41 bits per heavy atom. The molecule has 0 heterocycles. The molecule has 1 atom stereocenters. The number of hydrogen-bond donors (Lipinski definition) is 3. The highest BCUT2D eigenvalue weighted by molar-refractivity contribution is 5.97. The van der Waals surface area contributed by atoms with Crippen molar-refractivity contribution in [1.29, 1.82) is 0 Å². The second kappa shape index (κ2) is 7.94. The highest BCUT2D eigenvalue weighted by Crippen LogP contribution is 2.28. The van der Waals surface area contributed by atoms with E-state index in [-0.39, 0.29) is 24.3 Å². The third-order valence-corrected chi connectivity index (χ3v) is 4.13. The summed E-state index contributed by atoms with van der Waals surface area (Å²) in [4.78, 5) is 23.8. The normalized spacial score (nSPS) is 16.3. The van der Waals surface area contributed by atoms with Crippen LogP contribution in [0.5, 0.6) is 0 Å². The van der Waals surface area contributed by atoms with Gasteiger partial charge in [-0.1, -0.05) is 25.0 Å². The minimum Gasteiger partial charge on any atom is -0.396 e. The van der Waals surface area contributed by atoms with Crippen LogP contribution < -0.4 is 10.6 Å². The Bertz CT molecular complexity index is 507. The molecule has 120 valence electrons. The topological polar surface area (TPSA) is 78.4 Å². The van der Waals surface area contributed by atoms with E-state index in [1.807, 2.05) is 24.3 Å². The van der Waals surface area contributed by atoms with Gasteiger partial charge < -0.3 is 15.7 Å². The molecule has 2 amide bonds. The van der Waals surface area contributed by atoms with E-state index >= 15 is 0 Å². The molecule has 2 rings (SSSR count). The van der Waals surface area contributed by atoms with Gasteiger partial charge in [0.25, 0.3) is 0 Å². The Morgan fingerprint density at radius 1 is 1.23 bits per heavy atom. The molecule has 0 aliphatic heterocycles. The molecule has 0 bridgehead atoms. The zero-order valence-corrected chi connectivity index (χ0v) is 13.0. The first-order valence-corrected chi connectivity index (χ1v) is 7.88. The number of carbonyl (C=O) groups excluding carboxylic acids is 2. The largest absolute Gasteiger partial charge is 0.396 e. The molecule has 5 nitrogen and oxygen atoms in total. The van der Waals surface area contributed by atoms with Crippen molar-refractivity contribution in [3.8, 4) is 0 Å². The zero-order chi connectivity index (χ0) is 15.9. The fraction of sp³-hybridized carbons (Fsp3) is 0.529. The molecule has 0 radical (unpaired) electrons. The highest BCUT2D eigenvalue weighted by atomic mass is 16.3. The standard InChI is InChI=1S/C17H24N2O3/c1-12(21)18-16(14-4-2-3-5-14)17(22)19-15-8-6-13(7-9-15)10-11-20/h6-9,14,16,20H,2-5,10-11H2,1H3,(H,18,21)(H,19,22). The van der Waals surface area contributed by atoms with Crippen molar-refractivity contribution in [2.24, 2.45) is 5.92 Å². The van der Waals surface area contributed by atoms with Gasteiger partial charge in [-0.3, -0.25) is 9.59 Å². The van der Waals surface area contributed by atoms with Crippen molar-refractivity contribution < 1.29 is 14.7 Å². The zero-order valence-electron chi connectivity index (χ0n) is 13.0. The summed E-state index contributed by atoms with van der Waals surface area (Å²) in [7, 11) is 0. The fourth-order valence-electron chi connectivity index (χ4n) is 3.01. The molecule has 1 aliphatic rings. The molecule has 1 fully saturated rings. The molecule has 0 spiro atoms. The van der Waals surface area contributed by atoms with E-state index in [9.17, 15) is 9.59 Å². The fourth-order valence-corrected chi connectivity index (χ4v) is 3.01. The van der Waals surface area contributed by atoms with Gasteiger partial charge in [0.1, 0.15) is 6.04 Å². The number of aliphatic hydroxyl groups is 1. The van der Waals surface area contributed by atoms with Crippen molar-refractivity contribution in [1.82, 2.24) is 5.32 Å². The summed E-state index contributed by atoms with van der Waals surface area (Å²) in [6, 6.07) is 6.95. The molecule has 1 aromatic carbocycles. The molecular formula is C17H24N2O3. The minimum atomic E-state index is -0.461. The first-order valence-electron chi connectivity index (χ1n) is 7.88. The quantitative estimate of drug-likeness (QED) is 0.750.